The molecule has 0 fully saturated rings. The molecule has 10 heteroatoms. The molecule has 0 unspecified atom stereocenters. The van der Waals surface area contributed by atoms with Crippen molar-refractivity contribution >= 4 is 67.6 Å². The standard InChI is InChI=1S/C20H17ClN4O4S/c1-2-3-18(26)24-20-23-15-8-6-13(11-17(15)30-20)22-19(27)9-5-12-4-7-14(21)16(10-12)25(28)29/h4-11H,2-3H2,1H3,(H,22,27)(H,23,24,26)/b9-5+. The van der Waals surface area contributed by atoms with E-state index in [4.69, 9.17) is 11.6 Å². The Bertz CT molecular complexity index is 1160. The first kappa shape index (κ1) is 21.4. The maximum absolute atomic E-state index is 12.2. The highest BCUT2D eigenvalue weighted by Crippen LogP contribution is 2.29. The van der Waals surface area contributed by atoms with Crippen LogP contribution in [0.15, 0.2) is 42.5 Å². The number of thiazole rings is 1. The van der Waals surface area contributed by atoms with Crippen LogP contribution in [0.5, 0.6) is 0 Å². The van der Waals surface area contributed by atoms with Gasteiger partial charge in [0.1, 0.15) is 5.02 Å². The molecule has 2 aromatic carbocycles. The van der Waals surface area contributed by atoms with Gasteiger partial charge in [-0.2, -0.15) is 0 Å². The van der Waals surface area contributed by atoms with E-state index in [9.17, 15) is 19.7 Å². The van der Waals surface area contributed by atoms with E-state index in [0.29, 0.717) is 28.3 Å². The number of nitrogens with one attached hydrogen (secondary N) is 2. The van der Waals surface area contributed by atoms with Crippen molar-refractivity contribution < 1.29 is 14.5 Å². The number of hydrogen-bond acceptors (Lipinski definition) is 6. The van der Waals surface area contributed by atoms with Crippen molar-refractivity contribution in [1.82, 2.24) is 4.98 Å². The summed E-state index contributed by atoms with van der Waals surface area (Å²) >= 11 is 7.10. The molecule has 3 aromatic rings. The third kappa shape index (κ3) is 5.40. The van der Waals surface area contributed by atoms with E-state index in [1.807, 2.05) is 6.92 Å². The minimum atomic E-state index is -0.580. The lowest BCUT2D eigenvalue weighted by molar-refractivity contribution is -0.384. The fourth-order valence-electron chi connectivity index (χ4n) is 2.59. The highest BCUT2D eigenvalue weighted by atomic mass is 35.5. The van der Waals surface area contributed by atoms with Crippen molar-refractivity contribution in [2.24, 2.45) is 0 Å². The van der Waals surface area contributed by atoms with Gasteiger partial charge in [0.15, 0.2) is 5.13 Å². The molecule has 0 saturated heterocycles. The van der Waals surface area contributed by atoms with E-state index in [-0.39, 0.29) is 16.6 Å². The minimum Gasteiger partial charge on any atom is -0.322 e. The first-order valence-electron chi connectivity index (χ1n) is 8.99. The third-order valence-electron chi connectivity index (χ3n) is 3.97. The molecule has 2 amide bonds. The number of anilines is 2. The number of nitro groups is 1. The number of hydrogen-bond donors (Lipinski definition) is 2. The summed E-state index contributed by atoms with van der Waals surface area (Å²) in [5, 5.41) is 17.0. The van der Waals surface area contributed by atoms with E-state index in [0.717, 1.165) is 11.1 Å². The van der Waals surface area contributed by atoms with Crippen LogP contribution in [-0.2, 0) is 9.59 Å². The van der Waals surface area contributed by atoms with Crippen LogP contribution in [0.3, 0.4) is 0 Å². The van der Waals surface area contributed by atoms with Crippen LogP contribution < -0.4 is 10.6 Å². The van der Waals surface area contributed by atoms with E-state index < -0.39 is 10.8 Å². The largest absolute Gasteiger partial charge is 0.322 e. The smallest absolute Gasteiger partial charge is 0.288 e. The summed E-state index contributed by atoms with van der Waals surface area (Å²) in [4.78, 5) is 38.6. The molecule has 0 aliphatic rings. The molecule has 0 spiro atoms. The number of fused-ring (bicyclic) bond motifs is 1. The number of nitrogens with zero attached hydrogens (tertiary/aromatic N) is 2. The topological polar surface area (TPSA) is 114 Å². The van der Waals surface area contributed by atoms with Gasteiger partial charge in [-0.3, -0.25) is 19.7 Å². The number of amides is 2. The number of benzene rings is 2. The summed E-state index contributed by atoms with van der Waals surface area (Å²) in [6.45, 7) is 1.93. The maximum Gasteiger partial charge on any atom is 0.288 e. The molecular weight excluding hydrogens is 428 g/mol. The number of carbonyl (C=O) groups is 2. The number of rotatable bonds is 7. The quantitative estimate of drug-likeness (QED) is 0.293. The molecule has 8 nitrogen and oxygen atoms in total. The molecule has 1 aromatic heterocycles. The van der Waals surface area contributed by atoms with E-state index in [2.05, 4.69) is 15.6 Å². The van der Waals surface area contributed by atoms with Crippen LogP contribution in [0.25, 0.3) is 16.3 Å². The van der Waals surface area contributed by atoms with Gasteiger partial charge >= 0.3 is 0 Å². The molecule has 3 rings (SSSR count). The Morgan fingerprint density at radius 2 is 2.03 bits per heavy atom. The predicted molar refractivity (Wildman–Crippen MR) is 119 cm³/mol. The van der Waals surface area contributed by atoms with Crippen molar-refractivity contribution in [2.45, 2.75) is 19.8 Å². The summed E-state index contributed by atoms with van der Waals surface area (Å²) in [5.41, 5.74) is 1.53. The monoisotopic (exact) mass is 444 g/mol. The van der Waals surface area contributed by atoms with Gasteiger partial charge in [-0.05, 0) is 42.3 Å². The van der Waals surface area contributed by atoms with Gasteiger partial charge in [0.25, 0.3) is 5.69 Å². The molecule has 30 heavy (non-hydrogen) atoms. The Balaban J connectivity index is 1.69. The van der Waals surface area contributed by atoms with E-state index in [1.54, 1.807) is 24.3 Å². The van der Waals surface area contributed by atoms with Crippen LogP contribution in [-0.4, -0.2) is 21.7 Å². The Morgan fingerprint density at radius 1 is 1.23 bits per heavy atom. The average molecular weight is 445 g/mol. The number of aromatic nitrogens is 1. The van der Waals surface area contributed by atoms with Crippen LogP contribution in [0.2, 0.25) is 5.02 Å². The van der Waals surface area contributed by atoms with Crippen molar-refractivity contribution in [3.63, 3.8) is 0 Å². The lowest BCUT2D eigenvalue weighted by Gasteiger charge is -2.02. The minimum absolute atomic E-state index is 0.0321. The molecule has 0 aliphatic heterocycles. The van der Waals surface area contributed by atoms with Crippen LogP contribution in [0, 0.1) is 10.1 Å². The summed E-state index contributed by atoms with van der Waals surface area (Å²) < 4.78 is 0.817. The molecule has 0 saturated carbocycles. The molecule has 1 heterocycles. The molecule has 0 aliphatic carbocycles. The van der Waals surface area contributed by atoms with E-state index in [1.165, 1.54) is 35.6 Å². The Hall–Kier alpha value is -3.30. The van der Waals surface area contributed by atoms with Crippen molar-refractivity contribution in [3.05, 3.63) is 63.2 Å². The average Bonchev–Trinajstić information content (AvgIpc) is 3.08. The van der Waals surface area contributed by atoms with E-state index >= 15 is 0 Å². The first-order chi connectivity index (χ1) is 14.4. The zero-order valence-electron chi connectivity index (χ0n) is 15.8. The SMILES string of the molecule is CCCC(=O)Nc1nc2ccc(NC(=O)/C=C/c3ccc(Cl)c([N+](=O)[O-])c3)cc2s1. The van der Waals surface area contributed by atoms with Gasteiger partial charge < -0.3 is 10.6 Å². The third-order valence-corrected chi connectivity index (χ3v) is 5.23. The van der Waals surface area contributed by atoms with Crippen molar-refractivity contribution in [1.29, 1.82) is 0 Å². The van der Waals surface area contributed by atoms with Crippen molar-refractivity contribution in [2.75, 3.05) is 10.6 Å². The fourth-order valence-corrected chi connectivity index (χ4v) is 3.70. The Morgan fingerprint density at radius 3 is 2.77 bits per heavy atom. The highest BCUT2D eigenvalue weighted by Gasteiger charge is 2.12. The van der Waals surface area contributed by atoms with Crippen LogP contribution >= 0.6 is 22.9 Å². The maximum atomic E-state index is 12.2. The highest BCUT2D eigenvalue weighted by molar-refractivity contribution is 7.22. The molecular formula is C20H17ClN4O4S. The first-order valence-corrected chi connectivity index (χ1v) is 10.2. The van der Waals surface area contributed by atoms with Gasteiger partial charge in [0, 0.05) is 24.3 Å². The lowest BCUT2D eigenvalue weighted by Crippen LogP contribution is -2.09. The summed E-state index contributed by atoms with van der Waals surface area (Å²) in [6.07, 6.45) is 3.93. The molecule has 0 radical (unpaired) electrons. The van der Waals surface area contributed by atoms with Gasteiger partial charge in [-0.25, -0.2) is 4.98 Å². The Kier molecular flexibility index (Phi) is 6.76. The molecule has 154 valence electrons. The second-order valence-corrected chi connectivity index (χ2v) is 7.73. The van der Waals surface area contributed by atoms with Gasteiger partial charge in [-0.1, -0.05) is 35.9 Å². The summed E-state index contributed by atoms with van der Waals surface area (Å²) in [5.74, 6) is -0.481. The summed E-state index contributed by atoms with van der Waals surface area (Å²) in [7, 11) is 0. The van der Waals surface area contributed by atoms with Crippen LogP contribution in [0.4, 0.5) is 16.5 Å². The fraction of sp³-hybridized carbons (Fsp3) is 0.150. The molecule has 2 N–H and O–H groups in total. The predicted octanol–water partition coefficient (Wildman–Crippen LogP) is 5.25. The number of nitro benzene ring substituents is 1. The Labute approximate surface area is 180 Å². The normalized spacial score (nSPS) is 11.0. The zero-order valence-corrected chi connectivity index (χ0v) is 17.4. The van der Waals surface area contributed by atoms with Gasteiger partial charge in [0.05, 0.1) is 15.1 Å². The lowest BCUT2D eigenvalue weighted by atomic mass is 10.2. The van der Waals surface area contributed by atoms with Gasteiger partial charge in [0.2, 0.25) is 11.8 Å². The molecule has 0 atom stereocenters. The van der Waals surface area contributed by atoms with Gasteiger partial charge in [-0.15, -0.1) is 0 Å². The number of halogens is 1. The molecule has 0 bridgehead atoms. The second-order valence-electron chi connectivity index (χ2n) is 6.29. The second kappa shape index (κ2) is 9.47. The number of carbonyl (C=O) groups excluding carboxylic acids is 2. The summed E-state index contributed by atoms with van der Waals surface area (Å²) in [6, 6.07) is 9.51. The van der Waals surface area contributed by atoms with Crippen LogP contribution in [0.1, 0.15) is 25.3 Å². The zero-order chi connectivity index (χ0) is 21.7. The van der Waals surface area contributed by atoms with Crippen molar-refractivity contribution in [3.8, 4) is 0 Å².